The third kappa shape index (κ3) is 6.97. The average molecular weight is 444 g/mol. The molecule has 0 saturated carbocycles. The van der Waals surface area contributed by atoms with Gasteiger partial charge in [-0.25, -0.2) is 0 Å². The minimum atomic E-state index is -0.341. The molecule has 0 aliphatic heterocycles. The van der Waals surface area contributed by atoms with Crippen LogP contribution >= 0.6 is 15.9 Å². The average Bonchev–Trinajstić information content (AvgIpc) is 2.68. The van der Waals surface area contributed by atoms with E-state index in [2.05, 4.69) is 58.0 Å². The highest BCUT2D eigenvalue weighted by Gasteiger charge is 2.09. The predicted octanol–water partition coefficient (Wildman–Crippen LogP) is 5.33. The van der Waals surface area contributed by atoms with Crippen molar-refractivity contribution in [1.82, 2.24) is 5.32 Å². The van der Waals surface area contributed by atoms with Crippen molar-refractivity contribution in [3.8, 4) is 0 Å². The highest BCUT2D eigenvalue weighted by atomic mass is 79.9. The summed E-state index contributed by atoms with van der Waals surface area (Å²) >= 11 is 3.46. The Labute approximate surface area is 175 Å². The number of amides is 1. The number of allylic oxidation sites excluding steroid dienone is 1. The standard InChI is InChI=1S/C23H26BrNO3/c1-16(2)14-20(15-17-4-10-21(24)11-5-17)18-6-8-19(9-7-18)23(27)25-13-12-22(26)28-3/h4-11,15-16H,12-14H2,1-3H3,(H,25,27)/b20-15-. The minimum absolute atomic E-state index is 0.161. The molecular formula is C23H26BrNO3. The number of esters is 1. The molecule has 0 atom stereocenters. The molecule has 2 rings (SSSR count). The smallest absolute Gasteiger partial charge is 0.307 e. The highest BCUT2D eigenvalue weighted by Crippen LogP contribution is 2.26. The molecule has 0 aromatic heterocycles. The van der Waals surface area contributed by atoms with Gasteiger partial charge in [0.25, 0.3) is 5.91 Å². The largest absolute Gasteiger partial charge is 0.469 e. The Morgan fingerprint density at radius 2 is 1.64 bits per heavy atom. The molecule has 2 aromatic carbocycles. The van der Waals surface area contributed by atoms with E-state index in [1.54, 1.807) is 0 Å². The lowest BCUT2D eigenvalue weighted by Crippen LogP contribution is -2.26. The number of hydrogen-bond donors (Lipinski definition) is 1. The van der Waals surface area contributed by atoms with E-state index in [-0.39, 0.29) is 24.8 Å². The van der Waals surface area contributed by atoms with E-state index in [9.17, 15) is 9.59 Å². The molecule has 0 bridgehead atoms. The number of carbonyl (C=O) groups excluding carboxylic acids is 2. The number of hydrogen-bond acceptors (Lipinski definition) is 3. The maximum Gasteiger partial charge on any atom is 0.307 e. The van der Waals surface area contributed by atoms with Crippen molar-refractivity contribution in [2.75, 3.05) is 13.7 Å². The van der Waals surface area contributed by atoms with Gasteiger partial charge in [-0.15, -0.1) is 0 Å². The topological polar surface area (TPSA) is 55.4 Å². The molecule has 0 saturated heterocycles. The first-order chi connectivity index (χ1) is 13.4. The van der Waals surface area contributed by atoms with Crippen molar-refractivity contribution in [2.45, 2.75) is 26.7 Å². The SMILES string of the molecule is COC(=O)CCNC(=O)c1ccc(/C(=C\c2ccc(Br)cc2)CC(C)C)cc1. The lowest BCUT2D eigenvalue weighted by Gasteiger charge is -2.12. The van der Waals surface area contributed by atoms with Crippen molar-refractivity contribution in [2.24, 2.45) is 5.92 Å². The number of benzene rings is 2. The third-order valence-electron chi connectivity index (χ3n) is 4.20. The summed E-state index contributed by atoms with van der Waals surface area (Å²) in [6, 6.07) is 15.8. The van der Waals surface area contributed by atoms with Gasteiger partial charge in [0.05, 0.1) is 13.5 Å². The van der Waals surface area contributed by atoms with Crippen molar-refractivity contribution >= 4 is 39.5 Å². The van der Waals surface area contributed by atoms with Gasteiger partial charge < -0.3 is 10.1 Å². The van der Waals surface area contributed by atoms with Crippen LogP contribution in [0.5, 0.6) is 0 Å². The van der Waals surface area contributed by atoms with Crippen LogP contribution < -0.4 is 5.32 Å². The van der Waals surface area contributed by atoms with E-state index >= 15 is 0 Å². The van der Waals surface area contributed by atoms with E-state index in [1.807, 2.05) is 36.4 Å². The zero-order valence-electron chi connectivity index (χ0n) is 16.5. The summed E-state index contributed by atoms with van der Waals surface area (Å²) in [6.07, 6.45) is 3.30. The molecule has 0 heterocycles. The fourth-order valence-electron chi connectivity index (χ4n) is 2.78. The first-order valence-electron chi connectivity index (χ1n) is 9.30. The maximum atomic E-state index is 12.2. The van der Waals surface area contributed by atoms with E-state index in [1.165, 1.54) is 12.7 Å². The summed E-state index contributed by atoms with van der Waals surface area (Å²) in [4.78, 5) is 23.3. The molecule has 1 N–H and O–H groups in total. The van der Waals surface area contributed by atoms with Gasteiger partial charge in [-0.3, -0.25) is 9.59 Å². The molecule has 1 amide bonds. The van der Waals surface area contributed by atoms with Crippen molar-refractivity contribution in [1.29, 1.82) is 0 Å². The molecule has 148 valence electrons. The number of halogens is 1. The summed E-state index contributed by atoms with van der Waals surface area (Å²) in [5.41, 5.74) is 4.04. The number of methoxy groups -OCH3 is 1. The van der Waals surface area contributed by atoms with Crippen LogP contribution in [0.2, 0.25) is 0 Å². The molecule has 0 radical (unpaired) electrons. The Hall–Kier alpha value is -2.40. The second kappa shape index (κ2) is 10.8. The second-order valence-electron chi connectivity index (χ2n) is 6.98. The lowest BCUT2D eigenvalue weighted by molar-refractivity contribution is -0.140. The number of carbonyl (C=O) groups is 2. The zero-order valence-corrected chi connectivity index (χ0v) is 18.1. The second-order valence-corrected chi connectivity index (χ2v) is 7.89. The first kappa shape index (κ1) is 21.9. The fraction of sp³-hybridized carbons (Fsp3) is 0.304. The normalized spacial score (nSPS) is 11.4. The Balaban J connectivity index is 2.13. The molecule has 0 aliphatic rings. The zero-order chi connectivity index (χ0) is 20.5. The van der Waals surface area contributed by atoms with Gasteiger partial charge >= 0.3 is 5.97 Å². The Morgan fingerprint density at radius 3 is 2.21 bits per heavy atom. The molecule has 4 nitrogen and oxygen atoms in total. The molecule has 5 heteroatoms. The van der Waals surface area contributed by atoms with Crippen LogP contribution in [0.1, 0.15) is 48.2 Å². The summed E-state index contributed by atoms with van der Waals surface area (Å²) in [5, 5.41) is 2.73. The molecule has 28 heavy (non-hydrogen) atoms. The number of rotatable bonds is 8. The van der Waals surface area contributed by atoms with E-state index in [4.69, 9.17) is 0 Å². The quantitative estimate of drug-likeness (QED) is 0.443. The van der Waals surface area contributed by atoms with Gasteiger partial charge in [0.1, 0.15) is 0 Å². The number of ether oxygens (including phenoxy) is 1. The molecule has 2 aromatic rings. The number of nitrogens with one attached hydrogen (secondary N) is 1. The van der Waals surface area contributed by atoms with Crippen LogP contribution in [0.25, 0.3) is 11.6 Å². The summed E-state index contributed by atoms with van der Waals surface area (Å²) in [6.45, 7) is 4.65. The highest BCUT2D eigenvalue weighted by molar-refractivity contribution is 9.10. The third-order valence-corrected chi connectivity index (χ3v) is 4.73. The Morgan fingerprint density at radius 1 is 1.04 bits per heavy atom. The van der Waals surface area contributed by atoms with Crippen LogP contribution in [0.3, 0.4) is 0 Å². The minimum Gasteiger partial charge on any atom is -0.469 e. The van der Waals surface area contributed by atoms with Crippen LogP contribution in [-0.4, -0.2) is 25.5 Å². The van der Waals surface area contributed by atoms with Crippen LogP contribution in [-0.2, 0) is 9.53 Å². The van der Waals surface area contributed by atoms with Crippen molar-refractivity contribution < 1.29 is 14.3 Å². The fourth-order valence-corrected chi connectivity index (χ4v) is 3.04. The van der Waals surface area contributed by atoms with Crippen molar-refractivity contribution in [3.05, 3.63) is 69.7 Å². The van der Waals surface area contributed by atoms with Gasteiger partial charge in [0, 0.05) is 16.6 Å². The molecular weight excluding hydrogens is 418 g/mol. The predicted molar refractivity (Wildman–Crippen MR) is 117 cm³/mol. The van der Waals surface area contributed by atoms with Crippen LogP contribution in [0, 0.1) is 5.92 Å². The molecule has 0 fully saturated rings. The van der Waals surface area contributed by atoms with E-state index in [0.717, 1.165) is 22.0 Å². The monoisotopic (exact) mass is 443 g/mol. The first-order valence-corrected chi connectivity index (χ1v) is 10.1. The molecule has 0 unspecified atom stereocenters. The summed E-state index contributed by atoms with van der Waals surface area (Å²) < 4.78 is 5.62. The Kier molecular flexibility index (Phi) is 8.45. The van der Waals surface area contributed by atoms with Gasteiger partial charge in [0.2, 0.25) is 0 Å². The molecule has 0 spiro atoms. The van der Waals surface area contributed by atoms with E-state index < -0.39 is 0 Å². The van der Waals surface area contributed by atoms with Gasteiger partial charge in [-0.05, 0) is 53.3 Å². The Bertz CT molecular complexity index is 824. The lowest BCUT2D eigenvalue weighted by atomic mass is 9.94. The van der Waals surface area contributed by atoms with Crippen LogP contribution in [0.15, 0.2) is 53.0 Å². The van der Waals surface area contributed by atoms with Crippen LogP contribution in [0.4, 0.5) is 0 Å². The maximum absolute atomic E-state index is 12.2. The van der Waals surface area contributed by atoms with Gasteiger partial charge in [-0.2, -0.15) is 0 Å². The molecule has 0 aliphatic carbocycles. The van der Waals surface area contributed by atoms with Crippen molar-refractivity contribution in [3.63, 3.8) is 0 Å². The summed E-state index contributed by atoms with van der Waals surface area (Å²) in [5.74, 6) is -0.0206. The van der Waals surface area contributed by atoms with Gasteiger partial charge in [-0.1, -0.05) is 60.1 Å². The summed E-state index contributed by atoms with van der Waals surface area (Å²) in [7, 11) is 1.33. The van der Waals surface area contributed by atoms with Gasteiger partial charge in [0.15, 0.2) is 0 Å². The van der Waals surface area contributed by atoms with E-state index in [0.29, 0.717) is 11.5 Å².